The third-order valence-electron chi connectivity index (χ3n) is 9.98. The van der Waals surface area contributed by atoms with Gasteiger partial charge in [0.2, 0.25) is 11.8 Å². The van der Waals surface area contributed by atoms with Crippen molar-refractivity contribution in [2.24, 2.45) is 5.41 Å². The van der Waals surface area contributed by atoms with Crippen LogP contribution in [0.5, 0.6) is 0 Å². The van der Waals surface area contributed by atoms with Gasteiger partial charge in [0.1, 0.15) is 18.7 Å². The first-order valence-electron chi connectivity index (χ1n) is 18.4. The zero-order valence-corrected chi connectivity index (χ0v) is 31.4. The van der Waals surface area contributed by atoms with Crippen molar-refractivity contribution >= 4 is 35.6 Å². The molecule has 0 heterocycles. The summed E-state index contributed by atoms with van der Waals surface area (Å²) >= 11 is 1.56. The number of thioether (sulfide) groups is 1. The number of aliphatic hydroxyl groups excluding tert-OH is 1. The molecule has 0 aliphatic heterocycles. The van der Waals surface area contributed by atoms with Crippen molar-refractivity contribution in [2.75, 3.05) is 26.0 Å². The lowest BCUT2D eigenvalue weighted by atomic mass is 9.81. The van der Waals surface area contributed by atoms with E-state index in [1.807, 2.05) is 84.9 Å². The number of alkyl carbamates (subject to hydrolysis) is 1. The van der Waals surface area contributed by atoms with Crippen LogP contribution in [-0.2, 0) is 35.2 Å². The summed E-state index contributed by atoms with van der Waals surface area (Å²) in [6.07, 6.45) is 2.41. The molecule has 1 fully saturated rings. The largest absolute Gasteiger partial charge is 0.467 e. The van der Waals surface area contributed by atoms with Crippen molar-refractivity contribution in [1.29, 1.82) is 0 Å². The van der Waals surface area contributed by atoms with Crippen molar-refractivity contribution in [3.63, 3.8) is 0 Å². The smallest absolute Gasteiger partial charge is 0.408 e. The van der Waals surface area contributed by atoms with E-state index in [1.54, 1.807) is 11.8 Å². The molecule has 0 radical (unpaired) electrons. The van der Waals surface area contributed by atoms with Gasteiger partial charge >= 0.3 is 12.1 Å². The van der Waals surface area contributed by atoms with E-state index in [2.05, 4.69) is 52.3 Å². The van der Waals surface area contributed by atoms with Gasteiger partial charge in [-0.05, 0) is 47.9 Å². The van der Waals surface area contributed by atoms with Gasteiger partial charge in [0.25, 0.3) is 0 Å². The highest BCUT2D eigenvalue weighted by molar-refractivity contribution is 8.00. The lowest BCUT2D eigenvalue weighted by Crippen LogP contribution is -2.51. The van der Waals surface area contributed by atoms with Crippen molar-refractivity contribution in [3.8, 4) is 0 Å². The Morgan fingerprint density at radius 1 is 0.759 bits per heavy atom. The number of benzene rings is 4. The van der Waals surface area contributed by atoms with Gasteiger partial charge < -0.3 is 30.5 Å². The molecule has 2 atom stereocenters. The predicted molar refractivity (Wildman–Crippen MR) is 209 cm³/mol. The quantitative estimate of drug-likeness (QED) is 0.0705. The minimum atomic E-state index is -1.02. The van der Waals surface area contributed by atoms with Gasteiger partial charge in [-0.15, -0.1) is 11.8 Å². The predicted octanol–water partition coefficient (Wildman–Crippen LogP) is 6.11. The van der Waals surface area contributed by atoms with E-state index in [9.17, 15) is 24.3 Å². The SMILES string of the molecule is COC(=O)[C@H](CSC(c1ccccc1)(c1ccccc1)c1ccccc1)NC(=O)C1(CCNC(=O)[C@H](CCO)NC(=O)OCc2ccccc2)CCCC1. The van der Waals surface area contributed by atoms with Crippen molar-refractivity contribution in [3.05, 3.63) is 144 Å². The number of aliphatic hydroxyl groups is 1. The molecular formula is C43H49N3O7S. The van der Waals surface area contributed by atoms with E-state index in [4.69, 9.17) is 9.47 Å². The molecule has 4 aromatic rings. The van der Waals surface area contributed by atoms with Gasteiger partial charge in [0.05, 0.1) is 17.3 Å². The first kappa shape index (κ1) is 40.1. The molecule has 1 aliphatic carbocycles. The molecule has 5 rings (SSSR count). The summed E-state index contributed by atoms with van der Waals surface area (Å²) in [6, 6.07) is 37.6. The molecule has 3 amide bonds. The van der Waals surface area contributed by atoms with Crippen LogP contribution in [0.25, 0.3) is 0 Å². The molecule has 54 heavy (non-hydrogen) atoms. The Kier molecular flexibility index (Phi) is 14.7. The van der Waals surface area contributed by atoms with Crippen molar-refractivity contribution in [2.45, 2.75) is 62.0 Å². The second-order valence-corrected chi connectivity index (χ2v) is 14.7. The maximum absolute atomic E-state index is 14.2. The highest BCUT2D eigenvalue weighted by atomic mass is 32.2. The molecule has 1 aliphatic rings. The van der Waals surface area contributed by atoms with E-state index >= 15 is 0 Å². The molecular weight excluding hydrogens is 703 g/mol. The molecule has 284 valence electrons. The Balaban J connectivity index is 1.28. The fourth-order valence-electron chi connectivity index (χ4n) is 7.09. The first-order chi connectivity index (χ1) is 26.3. The fraction of sp³-hybridized carbons (Fsp3) is 0.349. The zero-order valence-electron chi connectivity index (χ0n) is 30.6. The number of methoxy groups -OCH3 is 1. The molecule has 10 nitrogen and oxygen atoms in total. The van der Waals surface area contributed by atoms with Gasteiger partial charge in [-0.2, -0.15) is 0 Å². The standard InChI is InChI=1S/C43H49N3O7S/c1-52-39(49)37(31-54-43(33-18-8-3-9-19-33,34-20-10-4-11-21-34)35-22-12-5-13-23-35)45-40(50)42(25-14-15-26-42)27-28-44-38(48)36(24-29-47)46-41(51)53-30-32-16-6-2-7-17-32/h2-13,16-23,36-37,47H,14-15,24-31H2,1H3,(H,44,48)(H,45,50)(H,46,51)/t36-,37-/m0/s1. The molecule has 0 bridgehead atoms. The fourth-order valence-corrected chi connectivity index (χ4v) is 8.64. The molecule has 1 saturated carbocycles. The third-order valence-corrected chi connectivity index (χ3v) is 11.6. The Labute approximate surface area is 321 Å². The number of nitrogens with one attached hydrogen (secondary N) is 3. The molecule has 0 saturated heterocycles. The van der Waals surface area contributed by atoms with Crippen LogP contribution in [0.4, 0.5) is 4.79 Å². The van der Waals surface area contributed by atoms with E-state index in [1.165, 1.54) is 7.11 Å². The highest BCUT2D eigenvalue weighted by Crippen LogP contribution is 2.49. The van der Waals surface area contributed by atoms with Gasteiger partial charge in [-0.3, -0.25) is 9.59 Å². The van der Waals surface area contributed by atoms with E-state index < -0.39 is 40.2 Å². The third kappa shape index (κ3) is 10.1. The zero-order chi connectivity index (χ0) is 38.2. The average molecular weight is 752 g/mol. The maximum Gasteiger partial charge on any atom is 0.408 e. The van der Waals surface area contributed by atoms with Crippen LogP contribution in [0.3, 0.4) is 0 Å². The molecule has 11 heteroatoms. The van der Waals surface area contributed by atoms with Crippen molar-refractivity contribution < 1.29 is 33.8 Å². The monoisotopic (exact) mass is 751 g/mol. The van der Waals surface area contributed by atoms with Crippen LogP contribution < -0.4 is 16.0 Å². The normalized spacial score (nSPS) is 14.6. The number of amides is 3. The summed E-state index contributed by atoms with van der Waals surface area (Å²) in [7, 11) is 1.32. The average Bonchev–Trinajstić information content (AvgIpc) is 3.71. The van der Waals surface area contributed by atoms with Crippen LogP contribution in [-0.4, -0.2) is 67.1 Å². The van der Waals surface area contributed by atoms with Crippen LogP contribution in [0.2, 0.25) is 0 Å². The minimum absolute atomic E-state index is 0.00713. The van der Waals surface area contributed by atoms with Gasteiger partial charge in [-0.25, -0.2) is 9.59 Å². The van der Waals surface area contributed by atoms with Gasteiger partial charge in [0.15, 0.2) is 0 Å². The van der Waals surface area contributed by atoms with Crippen LogP contribution in [0.1, 0.15) is 60.8 Å². The second kappa shape index (κ2) is 19.8. The Morgan fingerprint density at radius 3 is 1.78 bits per heavy atom. The molecule has 0 unspecified atom stereocenters. The summed E-state index contributed by atoms with van der Waals surface area (Å²) in [4.78, 5) is 53.3. The number of rotatable bonds is 18. The Bertz CT molecular complexity index is 1690. The van der Waals surface area contributed by atoms with Gasteiger partial charge in [-0.1, -0.05) is 134 Å². The lowest BCUT2D eigenvalue weighted by molar-refractivity contribution is -0.146. The second-order valence-electron chi connectivity index (χ2n) is 13.4. The molecule has 0 spiro atoms. The number of hydrogen-bond acceptors (Lipinski definition) is 8. The number of carbonyl (C=O) groups excluding carboxylic acids is 4. The lowest BCUT2D eigenvalue weighted by Gasteiger charge is -2.37. The number of esters is 1. The minimum Gasteiger partial charge on any atom is -0.467 e. The number of carbonyl (C=O) groups is 4. The topological polar surface area (TPSA) is 143 Å². The summed E-state index contributed by atoms with van der Waals surface area (Å²) in [6.45, 7) is -0.128. The Morgan fingerprint density at radius 2 is 1.28 bits per heavy atom. The van der Waals surface area contributed by atoms with Crippen molar-refractivity contribution in [1.82, 2.24) is 16.0 Å². The molecule has 4 aromatic carbocycles. The van der Waals surface area contributed by atoms with Gasteiger partial charge in [0, 0.05) is 18.9 Å². The van der Waals surface area contributed by atoms with E-state index in [0.717, 1.165) is 35.1 Å². The number of hydrogen-bond donors (Lipinski definition) is 4. The number of ether oxygens (including phenoxy) is 2. The molecule has 0 aromatic heterocycles. The molecule has 4 N–H and O–H groups in total. The van der Waals surface area contributed by atoms with Crippen LogP contribution in [0, 0.1) is 5.41 Å². The summed E-state index contributed by atoms with van der Waals surface area (Å²) in [5, 5.41) is 18.0. The van der Waals surface area contributed by atoms with E-state index in [-0.39, 0.29) is 37.8 Å². The first-order valence-corrected chi connectivity index (χ1v) is 19.3. The summed E-state index contributed by atoms with van der Waals surface area (Å²) < 4.78 is 9.80. The highest BCUT2D eigenvalue weighted by Gasteiger charge is 2.44. The van der Waals surface area contributed by atoms with Crippen LogP contribution in [0.15, 0.2) is 121 Å². The maximum atomic E-state index is 14.2. The Hall–Kier alpha value is -5.13. The van der Waals surface area contributed by atoms with E-state index in [0.29, 0.717) is 19.3 Å². The summed E-state index contributed by atoms with van der Waals surface area (Å²) in [5.74, 6) is -1.07. The van der Waals surface area contributed by atoms with Crippen LogP contribution >= 0.6 is 11.8 Å². The summed E-state index contributed by atoms with van der Waals surface area (Å²) in [5.41, 5.74) is 3.08.